The second-order valence-electron chi connectivity index (χ2n) is 4.38. The lowest BCUT2D eigenvalue weighted by atomic mass is 9.72. The van der Waals surface area contributed by atoms with E-state index in [1.54, 1.807) is 12.1 Å². The summed E-state index contributed by atoms with van der Waals surface area (Å²) in [5.74, 6) is 0.444. The average molecular weight is 218 g/mol. The van der Waals surface area contributed by atoms with Gasteiger partial charge in [0.05, 0.1) is 4.92 Å². The second-order valence-corrected chi connectivity index (χ2v) is 4.38. The van der Waals surface area contributed by atoms with Crippen LogP contribution in [0.15, 0.2) is 18.2 Å². The van der Waals surface area contributed by atoms with Gasteiger partial charge in [0, 0.05) is 23.7 Å². The number of amides is 1. The van der Waals surface area contributed by atoms with Crippen LogP contribution in [-0.4, -0.2) is 10.8 Å². The smallest absolute Gasteiger partial charge is 0.269 e. The Morgan fingerprint density at radius 2 is 2.06 bits per heavy atom. The van der Waals surface area contributed by atoms with E-state index in [1.165, 1.54) is 6.07 Å². The summed E-state index contributed by atoms with van der Waals surface area (Å²) < 4.78 is 0. The van der Waals surface area contributed by atoms with Crippen molar-refractivity contribution in [3.63, 3.8) is 0 Å². The highest BCUT2D eigenvalue weighted by Crippen LogP contribution is 2.48. The van der Waals surface area contributed by atoms with Crippen LogP contribution >= 0.6 is 0 Å². The Balaban J connectivity index is 2.08. The molecule has 0 unspecified atom stereocenters. The molecule has 2 bridgehead atoms. The summed E-state index contributed by atoms with van der Waals surface area (Å²) in [6, 6.07) is 4.65. The van der Waals surface area contributed by atoms with E-state index in [9.17, 15) is 14.9 Å². The molecule has 5 heteroatoms. The quantitative estimate of drug-likeness (QED) is 0.579. The Labute approximate surface area is 91.6 Å². The van der Waals surface area contributed by atoms with Crippen LogP contribution < -0.4 is 5.32 Å². The van der Waals surface area contributed by atoms with Gasteiger partial charge in [-0.15, -0.1) is 0 Å². The summed E-state index contributed by atoms with van der Waals surface area (Å²) >= 11 is 0. The van der Waals surface area contributed by atoms with Crippen molar-refractivity contribution in [3.8, 4) is 0 Å². The van der Waals surface area contributed by atoms with Crippen LogP contribution in [0.25, 0.3) is 0 Å². The van der Waals surface area contributed by atoms with Crippen molar-refractivity contribution >= 4 is 17.3 Å². The molecule has 1 aromatic rings. The minimum Gasteiger partial charge on any atom is -0.326 e. The molecule has 0 spiro atoms. The molecule has 5 nitrogen and oxygen atoms in total. The number of hydrogen-bond acceptors (Lipinski definition) is 3. The summed E-state index contributed by atoms with van der Waals surface area (Å²) in [6.07, 6.45) is 1.64. The zero-order valence-corrected chi connectivity index (χ0v) is 8.47. The molecule has 2 heterocycles. The number of nitro benzene ring substituents is 1. The van der Waals surface area contributed by atoms with Gasteiger partial charge < -0.3 is 5.32 Å². The maximum atomic E-state index is 11.6. The first-order chi connectivity index (χ1) is 7.65. The lowest BCUT2D eigenvalue weighted by molar-refractivity contribution is -0.384. The summed E-state index contributed by atoms with van der Waals surface area (Å²) in [5, 5.41) is 13.5. The molecule has 1 amide bonds. The van der Waals surface area contributed by atoms with Crippen LogP contribution in [-0.2, 0) is 4.79 Å². The summed E-state index contributed by atoms with van der Waals surface area (Å²) in [6.45, 7) is 0. The fraction of sp³-hybridized carbons (Fsp3) is 0.364. The van der Waals surface area contributed by atoms with E-state index in [2.05, 4.69) is 5.32 Å². The Bertz CT molecular complexity index is 492. The van der Waals surface area contributed by atoms with E-state index < -0.39 is 4.92 Å². The van der Waals surface area contributed by atoms with Gasteiger partial charge in [-0.3, -0.25) is 14.9 Å². The van der Waals surface area contributed by atoms with Crippen molar-refractivity contribution in [2.75, 3.05) is 5.32 Å². The second kappa shape index (κ2) is 3.04. The van der Waals surface area contributed by atoms with Crippen LogP contribution in [0.3, 0.4) is 0 Å². The number of anilines is 1. The van der Waals surface area contributed by atoms with Crippen molar-refractivity contribution in [1.82, 2.24) is 0 Å². The Hall–Kier alpha value is -1.91. The van der Waals surface area contributed by atoms with Crippen molar-refractivity contribution in [3.05, 3.63) is 33.9 Å². The molecule has 1 N–H and O–H groups in total. The Kier molecular flexibility index (Phi) is 1.77. The van der Waals surface area contributed by atoms with Gasteiger partial charge in [0.15, 0.2) is 0 Å². The minimum absolute atomic E-state index is 0.0452. The number of fused-ring (bicyclic) bond motifs is 1. The van der Waals surface area contributed by atoms with E-state index in [1.807, 2.05) is 0 Å². The predicted octanol–water partition coefficient (Wildman–Crippen LogP) is 2.04. The number of carbonyl (C=O) groups is 1. The molecule has 4 rings (SSSR count). The van der Waals surface area contributed by atoms with Crippen LogP contribution in [0.1, 0.15) is 24.3 Å². The third kappa shape index (κ3) is 1.21. The lowest BCUT2D eigenvalue weighted by Gasteiger charge is -2.30. The molecule has 16 heavy (non-hydrogen) atoms. The summed E-state index contributed by atoms with van der Waals surface area (Å²) in [7, 11) is 0. The lowest BCUT2D eigenvalue weighted by Crippen LogP contribution is -2.29. The highest BCUT2D eigenvalue weighted by Gasteiger charge is 2.40. The third-order valence-corrected chi connectivity index (χ3v) is 3.45. The normalized spacial score (nSPS) is 26.1. The topological polar surface area (TPSA) is 72.2 Å². The molecule has 0 saturated heterocycles. The summed E-state index contributed by atoms with van der Waals surface area (Å²) in [5.41, 5.74) is 1.75. The number of rotatable bonds is 1. The third-order valence-electron chi connectivity index (χ3n) is 3.45. The molecule has 0 aromatic heterocycles. The van der Waals surface area contributed by atoms with Crippen LogP contribution in [0, 0.1) is 16.0 Å². The Morgan fingerprint density at radius 3 is 2.75 bits per heavy atom. The fourth-order valence-electron chi connectivity index (χ4n) is 2.44. The highest BCUT2D eigenvalue weighted by atomic mass is 16.6. The SMILES string of the molecule is O=C1Nc2ccc([N+](=O)[O-])cc2C2CC1C2. The van der Waals surface area contributed by atoms with Crippen LogP contribution in [0.4, 0.5) is 11.4 Å². The first-order valence-electron chi connectivity index (χ1n) is 5.24. The number of benzene rings is 1. The number of nitro groups is 1. The first kappa shape index (κ1) is 9.33. The number of non-ortho nitro benzene ring substituents is 1. The number of hydrogen-bond donors (Lipinski definition) is 1. The van der Waals surface area contributed by atoms with Gasteiger partial charge in [-0.25, -0.2) is 0 Å². The van der Waals surface area contributed by atoms with Gasteiger partial charge in [0.1, 0.15) is 0 Å². The molecule has 1 aromatic carbocycles. The predicted molar refractivity (Wildman–Crippen MR) is 57.2 cm³/mol. The maximum Gasteiger partial charge on any atom is 0.269 e. The molecular formula is C11H10N2O3. The molecule has 0 radical (unpaired) electrons. The molecule has 1 fully saturated rings. The fourth-order valence-corrected chi connectivity index (χ4v) is 2.44. The van der Waals surface area contributed by atoms with E-state index in [-0.39, 0.29) is 17.5 Å². The van der Waals surface area contributed by atoms with Crippen molar-refractivity contribution in [1.29, 1.82) is 0 Å². The van der Waals surface area contributed by atoms with E-state index in [0.717, 1.165) is 24.1 Å². The molecule has 82 valence electrons. The van der Waals surface area contributed by atoms with Gasteiger partial charge in [0.25, 0.3) is 5.69 Å². The zero-order chi connectivity index (χ0) is 11.3. The van der Waals surface area contributed by atoms with Crippen molar-refractivity contribution in [2.45, 2.75) is 18.8 Å². The van der Waals surface area contributed by atoms with Gasteiger partial charge in [-0.2, -0.15) is 0 Å². The van der Waals surface area contributed by atoms with Gasteiger partial charge >= 0.3 is 0 Å². The number of nitrogens with zero attached hydrogens (tertiary/aromatic N) is 1. The van der Waals surface area contributed by atoms with Crippen molar-refractivity contribution in [2.24, 2.45) is 5.92 Å². The highest BCUT2D eigenvalue weighted by molar-refractivity contribution is 5.96. The molecular weight excluding hydrogens is 208 g/mol. The Morgan fingerprint density at radius 1 is 1.31 bits per heavy atom. The molecule has 0 atom stereocenters. The average Bonchev–Trinajstić information content (AvgIpc) is 2.38. The van der Waals surface area contributed by atoms with E-state index in [4.69, 9.17) is 0 Å². The van der Waals surface area contributed by atoms with E-state index >= 15 is 0 Å². The minimum atomic E-state index is -0.400. The van der Waals surface area contributed by atoms with Crippen molar-refractivity contribution < 1.29 is 9.72 Å². The van der Waals surface area contributed by atoms with Crippen LogP contribution in [0.2, 0.25) is 0 Å². The standard InChI is InChI=1S/C11H10N2O3/c14-11-7-3-6(4-7)9-5-8(13(15)16)1-2-10(9)12-11/h1-2,5-7H,3-4H2,(H,12,14). The number of nitrogens with one attached hydrogen (secondary N) is 1. The largest absolute Gasteiger partial charge is 0.326 e. The summed E-state index contributed by atoms with van der Waals surface area (Å²) in [4.78, 5) is 21.9. The number of carbonyl (C=O) groups excluding carboxylic acids is 1. The molecule has 1 aliphatic carbocycles. The maximum absolute atomic E-state index is 11.6. The molecule has 3 aliphatic rings. The van der Waals surface area contributed by atoms with Gasteiger partial charge in [0.2, 0.25) is 5.91 Å². The first-order valence-corrected chi connectivity index (χ1v) is 5.24. The van der Waals surface area contributed by atoms with E-state index in [0.29, 0.717) is 5.92 Å². The molecule has 2 aliphatic heterocycles. The van der Waals surface area contributed by atoms with Gasteiger partial charge in [-0.05, 0) is 30.4 Å². The van der Waals surface area contributed by atoms with Crippen LogP contribution in [0.5, 0.6) is 0 Å². The zero-order valence-electron chi connectivity index (χ0n) is 8.47. The monoisotopic (exact) mass is 218 g/mol. The molecule has 1 saturated carbocycles. The van der Waals surface area contributed by atoms with Gasteiger partial charge in [-0.1, -0.05) is 0 Å².